The molecule has 0 fully saturated rings. The first-order valence-electron chi connectivity index (χ1n) is 5.82. The third-order valence-electron chi connectivity index (χ3n) is 1.83. The molecule has 1 rings (SSSR count). The second-order valence-corrected chi connectivity index (χ2v) is 2.94. The van der Waals surface area contributed by atoms with Crippen molar-refractivity contribution in [2.75, 3.05) is 33.2 Å². The highest BCUT2D eigenvalue weighted by molar-refractivity contribution is 5.54. The first-order valence-corrected chi connectivity index (χ1v) is 5.82. The zero-order chi connectivity index (χ0) is 15.3. The summed E-state index contributed by atoms with van der Waals surface area (Å²) in [5.41, 5.74) is 5.65. The van der Waals surface area contributed by atoms with Gasteiger partial charge in [0, 0.05) is 12.7 Å². The van der Waals surface area contributed by atoms with Gasteiger partial charge in [0.25, 0.3) is 6.43 Å². The summed E-state index contributed by atoms with van der Waals surface area (Å²) in [5, 5.41) is 0. The fourth-order valence-electron chi connectivity index (χ4n) is 1.07. The second-order valence-electron chi connectivity index (χ2n) is 2.94. The number of nitrogens with two attached hydrogens (primary N) is 1. The largest absolute Gasteiger partial charge is 0.489 e. The molecule has 3 nitrogen and oxygen atoms in total. The number of hydrogen-bond acceptors (Lipinski definition) is 3. The lowest BCUT2D eigenvalue weighted by Gasteiger charge is -2.09. The molecule has 6 heteroatoms. The Hall–Kier alpha value is -1.43. The van der Waals surface area contributed by atoms with Crippen molar-refractivity contribution in [1.29, 1.82) is 0 Å². The van der Waals surface area contributed by atoms with Gasteiger partial charge in [0.1, 0.15) is 12.4 Å². The van der Waals surface area contributed by atoms with Crippen LogP contribution < -0.4 is 10.5 Å². The van der Waals surface area contributed by atoms with Gasteiger partial charge in [0.2, 0.25) is 0 Å². The van der Waals surface area contributed by atoms with E-state index < -0.39 is 6.43 Å². The number of methoxy groups -OCH3 is 1. The summed E-state index contributed by atoms with van der Waals surface area (Å²) in [5.74, 6) is 0.399. The Balaban J connectivity index is 0. The molecule has 1 aromatic carbocycles. The van der Waals surface area contributed by atoms with E-state index in [2.05, 4.69) is 0 Å². The fraction of sp³-hybridized carbons (Fsp3) is 0.538. The summed E-state index contributed by atoms with van der Waals surface area (Å²) >= 11 is 0. The first kappa shape index (κ1) is 19.9. The van der Waals surface area contributed by atoms with Crippen LogP contribution in [0.15, 0.2) is 18.2 Å². The number of nitrogen functional groups attached to an aromatic ring is 1. The van der Waals surface area contributed by atoms with E-state index in [0.29, 0.717) is 26.1 Å². The summed E-state index contributed by atoms with van der Waals surface area (Å²) in [6.07, 6.45) is -2.51. The van der Waals surface area contributed by atoms with E-state index in [1.54, 1.807) is 7.11 Å². The molecule has 0 bridgehead atoms. The Morgan fingerprint density at radius 1 is 1.16 bits per heavy atom. The summed E-state index contributed by atoms with van der Waals surface area (Å²) in [4.78, 5) is 0. The van der Waals surface area contributed by atoms with Crippen LogP contribution in [0.25, 0.3) is 0 Å². The highest BCUT2D eigenvalue weighted by Crippen LogP contribution is 2.27. The van der Waals surface area contributed by atoms with Crippen LogP contribution in [0.3, 0.4) is 0 Å². The highest BCUT2D eigenvalue weighted by Gasteiger charge is 2.09. The van der Waals surface area contributed by atoms with Gasteiger partial charge < -0.3 is 15.2 Å². The van der Waals surface area contributed by atoms with E-state index in [9.17, 15) is 13.2 Å². The van der Waals surface area contributed by atoms with Crippen molar-refractivity contribution in [3.8, 4) is 5.75 Å². The van der Waals surface area contributed by atoms with Gasteiger partial charge in [-0.15, -0.1) is 0 Å². The van der Waals surface area contributed by atoms with Gasteiger partial charge in [-0.05, 0) is 18.2 Å². The smallest absolute Gasteiger partial charge is 0.263 e. The monoisotopic (exact) mass is 281 g/mol. The van der Waals surface area contributed by atoms with Crippen LogP contribution in [0.1, 0.15) is 25.8 Å². The predicted octanol–water partition coefficient (Wildman–Crippen LogP) is 3.84. The van der Waals surface area contributed by atoms with Gasteiger partial charge in [0.15, 0.2) is 0 Å². The van der Waals surface area contributed by atoms with Gasteiger partial charge in [-0.1, -0.05) is 13.8 Å². The van der Waals surface area contributed by atoms with Gasteiger partial charge in [0.05, 0.1) is 19.5 Å². The molecular formula is C13H22F3NO2. The molecule has 0 radical (unpaired) electrons. The molecule has 0 aliphatic heterocycles. The van der Waals surface area contributed by atoms with E-state index in [0.717, 1.165) is 0 Å². The molecule has 0 spiro atoms. The highest BCUT2D eigenvalue weighted by atomic mass is 19.3. The Kier molecular flexibility index (Phi) is 13.6. The van der Waals surface area contributed by atoms with Crippen LogP contribution in [0.5, 0.6) is 5.75 Å². The average Bonchev–Trinajstić information content (AvgIpc) is 2.45. The summed E-state index contributed by atoms with van der Waals surface area (Å²) in [6.45, 7) is 4.77. The van der Waals surface area contributed by atoms with Crippen LogP contribution in [-0.4, -0.2) is 27.5 Å². The van der Waals surface area contributed by atoms with Crippen molar-refractivity contribution in [2.24, 2.45) is 0 Å². The quantitative estimate of drug-likeness (QED) is 0.658. The Bertz CT molecular complexity index is 323. The molecule has 2 N–H and O–H groups in total. The number of alkyl halides is 3. The zero-order valence-electron chi connectivity index (χ0n) is 11.8. The molecule has 0 heterocycles. The van der Waals surface area contributed by atoms with Crippen LogP contribution >= 0.6 is 0 Å². The van der Waals surface area contributed by atoms with Crippen molar-refractivity contribution in [1.82, 2.24) is 0 Å². The van der Waals surface area contributed by atoms with E-state index in [1.807, 2.05) is 13.8 Å². The minimum absolute atomic E-state index is 0.105. The van der Waals surface area contributed by atoms with E-state index in [-0.39, 0.29) is 11.3 Å². The maximum atomic E-state index is 12.3. The third kappa shape index (κ3) is 8.31. The number of anilines is 1. The molecule has 19 heavy (non-hydrogen) atoms. The van der Waals surface area contributed by atoms with Crippen LogP contribution in [0.2, 0.25) is 0 Å². The SMILES string of the molecule is CC.CF.COCCOc1ccc(C(F)F)cc1N. The van der Waals surface area contributed by atoms with Crippen LogP contribution in [0.4, 0.5) is 18.9 Å². The van der Waals surface area contributed by atoms with E-state index in [4.69, 9.17) is 15.2 Å². The molecule has 0 atom stereocenters. The van der Waals surface area contributed by atoms with Crippen molar-refractivity contribution in [2.45, 2.75) is 20.3 Å². The van der Waals surface area contributed by atoms with Crippen molar-refractivity contribution in [3.05, 3.63) is 23.8 Å². The average molecular weight is 281 g/mol. The Morgan fingerprint density at radius 3 is 2.16 bits per heavy atom. The summed E-state index contributed by atoms with van der Waals surface area (Å²) in [7, 11) is 2.05. The molecule has 0 saturated heterocycles. The van der Waals surface area contributed by atoms with Crippen molar-refractivity contribution < 1.29 is 22.6 Å². The maximum Gasteiger partial charge on any atom is 0.263 e. The van der Waals surface area contributed by atoms with Gasteiger partial charge in [-0.3, -0.25) is 4.39 Å². The normalized spacial score (nSPS) is 9.05. The fourth-order valence-corrected chi connectivity index (χ4v) is 1.07. The lowest BCUT2D eigenvalue weighted by Crippen LogP contribution is -2.06. The molecule has 0 aromatic heterocycles. The lowest BCUT2D eigenvalue weighted by atomic mass is 10.2. The molecule has 112 valence electrons. The number of hydrogen-bond donors (Lipinski definition) is 1. The minimum Gasteiger partial charge on any atom is -0.489 e. The number of ether oxygens (including phenoxy) is 2. The Morgan fingerprint density at radius 2 is 1.74 bits per heavy atom. The minimum atomic E-state index is -2.51. The molecule has 0 aliphatic carbocycles. The number of rotatable bonds is 5. The molecule has 0 saturated carbocycles. The molecular weight excluding hydrogens is 259 g/mol. The summed E-state index contributed by atoms with van der Waals surface area (Å²) < 4.78 is 44.0. The van der Waals surface area contributed by atoms with Crippen molar-refractivity contribution >= 4 is 5.69 Å². The van der Waals surface area contributed by atoms with E-state index in [1.165, 1.54) is 18.2 Å². The van der Waals surface area contributed by atoms with Gasteiger partial charge in [-0.25, -0.2) is 8.78 Å². The lowest BCUT2D eigenvalue weighted by molar-refractivity contribution is 0.145. The number of halogens is 3. The second kappa shape index (κ2) is 13.0. The molecule has 0 amide bonds. The standard InChI is InChI=1S/C10H13F2NO2.C2H6.CH3F/c1-14-4-5-15-9-3-2-7(10(11)12)6-8(9)13;2*1-2/h2-3,6,10H,4-5,13H2,1H3;1-2H3;1H3. The summed E-state index contributed by atoms with van der Waals surface area (Å²) in [6, 6.07) is 3.95. The number of benzene rings is 1. The van der Waals surface area contributed by atoms with Gasteiger partial charge in [-0.2, -0.15) is 0 Å². The zero-order valence-corrected chi connectivity index (χ0v) is 11.8. The maximum absolute atomic E-state index is 12.3. The molecule has 1 aromatic rings. The Labute approximate surface area is 112 Å². The van der Waals surface area contributed by atoms with Gasteiger partial charge >= 0.3 is 0 Å². The molecule has 0 aliphatic rings. The van der Waals surface area contributed by atoms with Crippen molar-refractivity contribution in [3.63, 3.8) is 0 Å². The third-order valence-corrected chi connectivity index (χ3v) is 1.83. The predicted molar refractivity (Wildman–Crippen MR) is 71.6 cm³/mol. The van der Waals surface area contributed by atoms with Crippen LogP contribution in [-0.2, 0) is 4.74 Å². The topological polar surface area (TPSA) is 44.5 Å². The van der Waals surface area contributed by atoms with E-state index >= 15 is 0 Å². The van der Waals surface area contributed by atoms with Crippen LogP contribution in [0, 0.1) is 0 Å². The first-order chi connectivity index (χ1) is 9.15. The molecule has 0 unspecified atom stereocenters.